The largest absolute Gasteiger partial charge is 0.356 e. The Kier molecular flexibility index (Phi) is 6.27. The maximum Gasteiger partial charge on any atom is 0.333 e. The number of nitrogens with one attached hydrogen (secondary N) is 1. The first kappa shape index (κ1) is 24.4. The summed E-state index contributed by atoms with van der Waals surface area (Å²) in [6, 6.07) is 15.4. The van der Waals surface area contributed by atoms with Crippen LogP contribution in [0.1, 0.15) is 47.4 Å². The van der Waals surface area contributed by atoms with Crippen molar-refractivity contribution in [3.63, 3.8) is 0 Å². The third kappa shape index (κ3) is 4.39. The van der Waals surface area contributed by atoms with Crippen molar-refractivity contribution in [1.82, 2.24) is 24.6 Å². The molecule has 1 fully saturated rings. The van der Waals surface area contributed by atoms with E-state index in [0.717, 1.165) is 53.5 Å². The van der Waals surface area contributed by atoms with Gasteiger partial charge in [-0.3, -0.25) is 18.9 Å². The van der Waals surface area contributed by atoms with Crippen LogP contribution in [0, 0.1) is 19.8 Å². The van der Waals surface area contributed by atoms with Gasteiger partial charge in [-0.25, -0.2) is 4.79 Å². The smallest absolute Gasteiger partial charge is 0.333 e. The molecule has 6 rings (SSSR count). The van der Waals surface area contributed by atoms with Crippen LogP contribution in [0.3, 0.4) is 0 Å². The van der Waals surface area contributed by atoms with Gasteiger partial charge in [-0.1, -0.05) is 28.9 Å². The Labute approximate surface area is 224 Å². The van der Waals surface area contributed by atoms with Gasteiger partial charge in [0.05, 0.1) is 38.7 Å². The van der Waals surface area contributed by atoms with Crippen molar-refractivity contribution in [1.29, 1.82) is 0 Å². The summed E-state index contributed by atoms with van der Waals surface area (Å²) in [7, 11) is 0. The first-order valence-corrected chi connectivity index (χ1v) is 13.3. The van der Waals surface area contributed by atoms with Crippen LogP contribution in [0.5, 0.6) is 0 Å². The minimum absolute atomic E-state index is 0.0565. The fraction of sp³-hybridized carbons (Fsp3) is 0.310. The molecule has 9 heteroatoms. The van der Waals surface area contributed by atoms with Gasteiger partial charge >= 0.3 is 5.69 Å². The number of rotatable bonds is 5. The van der Waals surface area contributed by atoms with Gasteiger partial charge in [0, 0.05) is 24.2 Å². The number of carbonyl (C=O) groups is 1. The van der Waals surface area contributed by atoms with Crippen molar-refractivity contribution in [2.75, 3.05) is 0 Å². The summed E-state index contributed by atoms with van der Waals surface area (Å²) in [4.78, 5) is 30.8. The van der Waals surface area contributed by atoms with Gasteiger partial charge in [-0.2, -0.15) is 0 Å². The monoisotopic (exact) mass is 529 g/mol. The molecule has 1 saturated carbocycles. The highest BCUT2D eigenvalue weighted by Crippen LogP contribution is 2.28. The van der Waals surface area contributed by atoms with E-state index in [-0.39, 0.29) is 17.6 Å². The van der Waals surface area contributed by atoms with Gasteiger partial charge in [0.1, 0.15) is 0 Å². The van der Waals surface area contributed by atoms with Gasteiger partial charge in [0.2, 0.25) is 0 Å². The summed E-state index contributed by atoms with van der Waals surface area (Å²) < 4.78 is 9.02. The first-order valence-electron chi connectivity index (χ1n) is 12.9. The van der Waals surface area contributed by atoms with Crippen molar-refractivity contribution >= 4 is 39.5 Å². The molecule has 0 unspecified atom stereocenters. The van der Waals surface area contributed by atoms with Crippen LogP contribution in [-0.4, -0.2) is 31.2 Å². The molecule has 1 aliphatic carbocycles. The average Bonchev–Trinajstić information content (AvgIpc) is 3.43. The van der Waals surface area contributed by atoms with E-state index in [1.165, 1.54) is 0 Å². The van der Waals surface area contributed by atoms with Crippen LogP contribution in [0.15, 0.2) is 64.0 Å². The molecule has 5 aromatic rings. The van der Waals surface area contributed by atoms with E-state index in [4.69, 9.17) is 16.1 Å². The maximum absolute atomic E-state index is 13.8. The van der Waals surface area contributed by atoms with Crippen molar-refractivity contribution in [3.05, 3.63) is 87.2 Å². The summed E-state index contributed by atoms with van der Waals surface area (Å²) in [5.41, 5.74) is 5.20. The Hall–Kier alpha value is -3.91. The van der Waals surface area contributed by atoms with Gasteiger partial charge < -0.3 is 9.84 Å². The Bertz CT molecular complexity index is 1730. The zero-order valence-electron chi connectivity index (χ0n) is 21.3. The van der Waals surface area contributed by atoms with Crippen LogP contribution >= 0.6 is 11.6 Å². The van der Waals surface area contributed by atoms with Crippen LogP contribution in [0.25, 0.3) is 27.7 Å². The fourth-order valence-corrected chi connectivity index (χ4v) is 5.73. The third-order valence-electron chi connectivity index (χ3n) is 7.65. The molecule has 8 nitrogen and oxygen atoms in total. The zero-order valence-corrected chi connectivity index (χ0v) is 22.0. The molecule has 3 aromatic heterocycles. The lowest BCUT2D eigenvalue weighted by Gasteiger charge is -2.29. The number of fused-ring (bicyclic) bond motifs is 2. The highest BCUT2D eigenvalue weighted by atomic mass is 35.5. The number of imidazole rings is 1. The number of hydrogen-bond donors (Lipinski definition) is 1. The normalized spacial score (nSPS) is 17.8. The number of nitrogens with zero attached hydrogens (tertiary/aromatic N) is 4. The predicted molar refractivity (Wildman–Crippen MR) is 147 cm³/mol. The zero-order chi connectivity index (χ0) is 26.4. The third-order valence-corrected chi connectivity index (χ3v) is 7.86. The van der Waals surface area contributed by atoms with Crippen LogP contribution in [0.4, 0.5) is 0 Å². The van der Waals surface area contributed by atoms with Crippen molar-refractivity contribution in [2.24, 2.45) is 5.92 Å². The molecule has 2 aromatic carbocycles. The molecule has 38 heavy (non-hydrogen) atoms. The number of aromatic nitrogens is 4. The molecule has 0 aliphatic heterocycles. The summed E-state index contributed by atoms with van der Waals surface area (Å²) >= 11 is 6.04. The van der Waals surface area contributed by atoms with E-state index < -0.39 is 0 Å². The highest BCUT2D eigenvalue weighted by Gasteiger charge is 2.26. The Morgan fingerprint density at radius 2 is 1.82 bits per heavy atom. The Morgan fingerprint density at radius 3 is 2.61 bits per heavy atom. The number of halogens is 1. The average molecular weight is 530 g/mol. The minimum atomic E-state index is -0.139. The lowest BCUT2D eigenvalue weighted by atomic mass is 9.85. The van der Waals surface area contributed by atoms with E-state index in [0.29, 0.717) is 34.3 Å². The van der Waals surface area contributed by atoms with E-state index in [2.05, 4.69) is 15.5 Å². The molecule has 3 heterocycles. The van der Waals surface area contributed by atoms with E-state index >= 15 is 0 Å². The van der Waals surface area contributed by atoms with Gasteiger partial charge in [-0.15, -0.1) is 0 Å². The molecule has 1 aliphatic rings. The Morgan fingerprint density at radius 1 is 1.05 bits per heavy atom. The second-order valence-corrected chi connectivity index (χ2v) is 10.6. The molecule has 194 valence electrons. The number of pyridine rings is 1. The number of aryl methyl sites for hydroxylation is 2. The SMILES string of the molecule is Cc1ncc(Cl)cc1C(=O)NC1CCC(Cn2c(=O)n(-c3ccc4onc(C)c4c3)c3ccccc32)CC1. The van der Waals surface area contributed by atoms with Crippen LogP contribution in [0.2, 0.25) is 5.02 Å². The molecule has 0 bridgehead atoms. The molecule has 0 atom stereocenters. The standard InChI is InChI=1S/C29H28ClN5O3/c1-17-24(13-20(30)15-31-17)28(36)32-21-9-7-19(8-10-21)16-34-25-5-3-4-6-26(25)35(29(34)37)22-11-12-27-23(14-22)18(2)33-38-27/h3-6,11-15,19,21H,7-10,16H2,1-2H3,(H,32,36). The summed E-state index contributed by atoms with van der Waals surface area (Å²) in [6.45, 7) is 4.34. The van der Waals surface area contributed by atoms with Gasteiger partial charge in [-0.05, 0) is 81.8 Å². The van der Waals surface area contributed by atoms with E-state index in [9.17, 15) is 9.59 Å². The van der Waals surface area contributed by atoms with Crippen LogP contribution < -0.4 is 11.0 Å². The van der Waals surface area contributed by atoms with Crippen molar-refractivity contribution in [2.45, 2.75) is 52.1 Å². The quantitative estimate of drug-likeness (QED) is 0.320. The second-order valence-electron chi connectivity index (χ2n) is 10.1. The summed E-state index contributed by atoms with van der Waals surface area (Å²) in [6.07, 6.45) is 5.12. The summed E-state index contributed by atoms with van der Waals surface area (Å²) in [5.74, 6) is 0.206. The van der Waals surface area contributed by atoms with Gasteiger partial charge in [0.25, 0.3) is 5.91 Å². The second kappa shape index (κ2) is 9.76. The molecule has 0 spiro atoms. The molecule has 1 amide bonds. The number of hydrogen-bond acceptors (Lipinski definition) is 5. The molecule has 0 radical (unpaired) electrons. The number of benzene rings is 2. The van der Waals surface area contributed by atoms with Crippen LogP contribution in [-0.2, 0) is 6.54 Å². The number of carbonyl (C=O) groups excluding carboxylic acids is 1. The Balaban J connectivity index is 1.21. The van der Waals surface area contributed by atoms with E-state index in [1.807, 2.05) is 60.9 Å². The molecular weight excluding hydrogens is 502 g/mol. The lowest BCUT2D eigenvalue weighted by molar-refractivity contribution is 0.0919. The predicted octanol–water partition coefficient (Wildman–Crippen LogP) is 5.59. The highest BCUT2D eigenvalue weighted by molar-refractivity contribution is 6.30. The minimum Gasteiger partial charge on any atom is -0.356 e. The van der Waals surface area contributed by atoms with E-state index in [1.54, 1.807) is 16.8 Å². The number of amides is 1. The topological polar surface area (TPSA) is 95.0 Å². The molecule has 0 saturated heterocycles. The van der Waals surface area contributed by atoms with Crippen molar-refractivity contribution in [3.8, 4) is 5.69 Å². The molecule has 1 N–H and O–H groups in total. The maximum atomic E-state index is 13.8. The fourth-order valence-electron chi connectivity index (χ4n) is 5.57. The first-order chi connectivity index (χ1) is 18.4. The van der Waals surface area contributed by atoms with Crippen molar-refractivity contribution < 1.29 is 9.32 Å². The lowest BCUT2D eigenvalue weighted by Crippen LogP contribution is -2.39. The number of para-hydroxylation sites is 2. The summed E-state index contributed by atoms with van der Waals surface area (Å²) in [5, 5.41) is 8.54. The molecular formula is C29H28ClN5O3. The van der Waals surface area contributed by atoms with Gasteiger partial charge in [0.15, 0.2) is 5.58 Å².